The molecule has 3 unspecified atom stereocenters. The van der Waals surface area contributed by atoms with E-state index >= 15 is 0 Å². The number of hydrogen-bond donors (Lipinski definition) is 1. The van der Waals surface area contributed by atoms with Gasteiger partial charge in [0, 0.05) is 25.8 Å². The van der Waals surface area contributed by atoms with Crippen LogP contribution in [0.25, 0.3) is 0 Å². The molecule has 0 amide bonds. The lowest BCUT2D eigenvalue weighted by Crippen LogP contribution is -2.38. The maximum Gasteiger partial charge on any atom is 0.125 e. The van der Waals surface area contributed by atoms with Crippen LogP contribution in [0, 0.1) is 5.92 Å². The van der Waals surface area contributed by atoms with Crippen LogP contribution in [0.5, 0.6) is 5.75 Å². The number of hydrogen-bond acceptors (Lipinski definition) is 3. The molecule has 3 nitrogen and oxygen atoms in total. The molecule has 0 aliphatic heterocycles. The minimum Gasteiger partial charge on any atom is -0.488 e. The number of aliphatic hydroxyl groups is 1. The van der Waals surface area contributed by atoms with E-state index in [1.54, 1.807) is 0 Å². The first-order valence-electron chi connectivity index (χ1n) is 7.72. The maximum absolute atomic E-state index is 10.2. The lowest BCUT2D eigenvalue weighted by molar-refractivity contribution is -0.0116. The van der Waals surface area contributed by atoms with Gasteiger partial charge in [0.25, 0.3) is 0 Å². The van der Waals surface area contributed by atoms with Crippen molar-refractivity contribution in [2.24, 2.45) is 5.92 Å². The van der Waals surface area contributed by atoms with Crippen LogP contribution in [0.4, 0.5) is 5.69 Å². The Bertz CT molecular complexity index is 419. The van der Waals surface area contributed by atoms with E-state index in [2.05, 4.69) is 17.9 Å². The number of rotatable bonds is 5. The number of ether oxygens (including phenoxy) is 1. The molecule has 1 aliphatic carbocycles. The zero-order valence-electron chi connectivity index (χ0n) is 12.9. The first kappa shape index (κ1) is 15.2. The van der Waals surface area contributed by atoms with Gasteiger partial charge in [-0.1, -0.05) is 25.8 Å². The summed E-state index contributed by atoms with van der Waals surface area (Å²) in [5, 5.41) is 10.2. The number of aliphatic hydroxyl groups excluding tert-OH is 1. The third kappa shape index (κ3) is 3.89. The van der Waals surface area contributed by atoms with Gasteiger partial charge in [-0.15, -0.1) is 0 Å². The molecule has 2 rings (SSSR count). The van der Waals surface area contributed by atoms with Crippen molar-refractivity contribution in [3.05, 3.63) is 24.3 Å². The molecule has 20 heavy (non-hydrogen) atoms. The van der Waals surface area contributed by atoms with Crippen LogP contribution >= 0.6 is 0 Å². The van der Waals surface area contributed by atoms with E-state index in [0.717, 1.165) is 30.7 Å². The maximum atomic E-state index is 10.2. The van der Waals surface area contributed by atoms with E-state index in [0.29, 0.717) is 5.92 Å². The minimum absolute atomic E-state index is 0.0577. The van der Waals surface area contributed by atoms with Gasteiger partial charge < -0.3 is 14.7 Å². The van der Waals surface area contributed by atoms with Crippen molar-refractivity contribution in [2.45, 2.75) is 51.2 Å². The highest BCUT2D eigenvalue weighted by Gasteiger charge is 2.30. The van der Waals surface area contributed by atoms with Crippen molar-refractivity contribution in [1.82, 2.24) is 0 Å². The lowest BCUT2D eigenvalue weighted by Gasteiger charge is -2.33. The zero-order valence-corrected chi connectivity index (χ0v) is 12.9. The first-order chi connectivity index (χ1) is 9.60. The van der Waals surface area contributed by atoms with Gasteiger partial charge in [-0.25, -0.2) is 0 Å². The molecule has 1 aromatic rings. The monoisotopic (exact) mass is 277 g/mol. The molecular formula is C17H27NO2. The predicted molar refractivity (Wildman–Crippen MR) is 83.4 cm³/mol. The summed E-state index contributed by atoms with van der Waals surface area (Å²) < 4.78 is 6.06. The van der Waals surface area contributed by atoms with Gasteiger partial charge in [-0.05, 0) is 37.3 Å². The van der Waals surface area contributed by atoms with Crippen LogP contribution in [0.1, 0.15) is 39.0 Å². The molecule has 1 aliphatic rings. The Morgan fingerprint density at radius 3 is 2.80 bits per heavy atom. The number of anilines is 1. The Balaban J connectivity index is 2.01. The van der Waals surface area contributed by atoms with Crippen molar-refractivity contribution in [3.63, 3.8) is 0 Å². The lowest BCUT2D eigenvalue weighted by atomic mass is 9.83. The largest absolute Gasteiger partial charge is 0.488 e. The average Bonchev–Trinajstić information content (AvgIpc) is 2.43. The van der Waals surface area contributed by atoms with Crippen molar-refractivity contribution in [1.29, 1.82) is 0 Å². The fourth-order valence-corrected chi connectivity index (χ4v) is 3.00. The van der Waals surface area contributed by atoms with Gasteiger partial charge >= 0.3 is 0 Å². The van der Waals surface area contributed by atoms with Crippen molar-refractivity contribution >= 4 is 5.69 Å². The molecule has 0 heterocycles. The summed E-state index contributed by atoms with van der Waals surface area (Å²) in [4.78, 5) is 2.06. The zero-order chi connectivity index (χ0) is 14.5. The Labute approximate surface area is 122 Å². The van der Waals surface area contributed by atoms with E-state index in [1.165, 1.54) is 12.8 Å². The van der Waals surface area contributed by atoms with E-state index in [1.807, 2.05) is 32.3 Å². The molecule has 0 radical (unpaired) electrons. The third-order valence-electron chi connectivity index (χ3n) is 4.18. The first-order valence-corrected chi connectivity index (χ1v) is 7.72. The normalized spacial score (nSPS) is 26.3. The summed E-state index contributed by atoms with van der Waals surface area (Å²) >= 11 is 0. The van der Waals surface area contributed by atoms with Gasteiger partial charge in [-0.3, -0.25) is 0 Å². The Hall–Kier alpha value is -1.22. The second kappa shape index (κ2) is 6.98. The van der Waals surface area contributed by atoms with Gasteiger partial charge in [0.05, 0.1) is 6.10 Å². The van der Waals surface area contributed by atoms with Crippen molar-refractivity contribution < 1.29 is 9.84 Å². The van der Waals surface area contributed by atoms with Crippen LogP contribution in [0.2, 0.25) is 0 Å². The molecule has 1 N–H and O–H groups in total. The minimum atomic E-state index is -0.328. The van der Waals surface area contributed by atoms with Gasteiger partial charge in [0.1, 0.15) is 11.9 Å². The van der Waals surface area contributed by atoms with Crippen LogP contribution in [-0.2, 0) is 0 Å². The highest BCUT2D eigenvalue weighted by molar-refractivity contribution is 5.49. The summed E-state index contributed by atoms with van der Waals surface area (Å²) in [5.74, 6) is 1.56. The molecule has 3 atom stereocenters. The standard InChI is InChI=1S/C17H27NO2/c1-4-6-13-9-10-16(19)17(11-13)20-15-8-5-7-14(12-15)18(2)3/h5,7-8,12-13,16-17,19H,4,6,9-11H2,1-3H3. The molecule has 0 bridgehead atoms. The molecular weight excluding hydrogens is 250 g/mol. The van der Waals surface area contributed by atoms with Gasteiger partial charge in [-0.2, -0.15) is 0 Å². The van der Waals surface area contributed by atoms with E-state index < -0.39 is 0 Å². The molecule has 0 saturated heterocycles. The molecule has 1 aromatic carbocycles. The third-order valence-corrected chi connectivity index (χ3v) is 4.18. The number of nitrogens with zero attached hydrogens (tertiary/aromatic N) is 1. The quantitative estimate of drug-likeness (QED) is 0.894. The van der Waals surface area contributed by atoms with Crippen LogP contribution in [0.15, 0.2) is 24.3 Å². The van der Waals surface area contributed by atoms with Crippen molar-refractivity contribution in [3.8, 4) is 5.75 Å². The smallest absolute Gasteiger partial charge is 0.125 e. The van der Waals surface area contributed by atoms with Crippen LogP contribution < -0.4 is 9.64 Å². The summed E-state index contributed by atoms with van der Waals surface area (Å²) in [7, 11) is 4.04. The SMILES string of the molecule is CCCC1CCC(O)C(Oc2cccc(N(C)C)c2)C1. The van der Waals surface area contributed by atoms with Gasteiger partial charge in [0.15, 0.2) is 0 Å². The highest BCUT2D eigenvalue weighted by atomic mass is 16.5. The summed E-state index contributed by atoms with van der Waals surface area (Å²) in [6.07, 6.45) is 5.04. The molecule has 112 valence electrons. The molecule has 1 saturated carbocycles. The molecule has 0 spiro atoms. The molecule has 3 heteroatoms. The molecule has 0 aromatic heterocycles. The molecule has 1 fully saturated rings. The fraction of sp³-hybridized carbons (Fsp3) is 0.647. The summed E-state index contributed by atoms with van der Waals surface area (Å²) in [5.41, 5.74) is 1.12. The topological polar surface area (TPSA) is 32.7 Å². The Morgan fingerprint density at radius 2 is 2.10 bits per heavy atom. The van der Waals surface area contributed by atoms with E-state index in [9.17, 15) is 5.11 Å². The Kier molecular flexibility index (Phi) is 5.30. The second-order valence-corrected chi connectivity index (χ2v) is 6.08. The highest BCUT2D eigenvalue weighted by Crippen LogP contribution is 2.31. The van der Waals surface area contributed by atoms with Gasteiger partial charge in [0.2, 0.25) is 0 Å². The van der Waals surface area contributed by atoms with Crippen molar-refractivity contribution in [2.75, 3.05) is 19.0 Å². The second-order valence-electron chi connectivity index (χ2n) is 6.08. The fourth-order valence-electron chi connectivity index (χ4n) is 3.00. The van der Waals surface area contributed by atoms with Crippen LogP contribution in [-0.4, -0.2) is 31.4 Å². The van der Waals surface area contributed by atoms with Crippen LogP contribution in [0.3, 0.4) is 0 Å². The van der Waals surface area contributed by atoms with E-state index in [4.69, 9.17) is 4.74 Å². The summed E-state index contributed by atoms with van der Waals surface area (Å²) in [6.45, 7) is 2.22. The predicted octanol–water partition coefficient (Wildman–Crippen LogP) is 3.46. The number of benzene rings is 1. The Morgan fingerprint density at radius 1 is 1.30 bits per heavy atom. The average molecular weight is 277 g/mol. The summed E-state index contributed by atoms with van der Waals surface area (Å²) in [6, 6.07) is 8.08. The van der Waals surface area contributed by atoms with E-state index in [-0.39, 0.29) is 12.2 Å².